The maximum atomic E-state index is 5.97. The van der Waals surface area contributed by atoms with Crippen LogP contribution in [-0.2, 0) is 6.42 Å². The summed E-state index contributed by atoms with van der Waals surface area (Å²) in [6.07, 6.45) is 0.918. The van der Waals surface area contributed by atoms with Crippen molar-refractivity contribution in [2.24, 2.45) is 0 Å². The molecule has 0 aliphatic rings. The summed E-state index contributed by atoms with van der Waals surface area (Å²) in [5.41, 5.74) is 2.13. The summed E-state index contributed by atoms with van der Waals surface area (Å²) in [5, 5.41) is 8.25. The van der Waals surface area contributed by atoms with Crippen LogP contribution in [0, 0.1) is 6.92 Å². The largest absolute Gasteiger partial charge is 0.361 e. The minimum absolute atomic E-state index is 0.751. The fourth-order valence-electron chi connectivity index (χ4n) is 1.79. The Hall–Kier alpha value is -1.17. The second-order valence-corrected chi connectivity index (χ2v) is 6.70. The highest BCUT2D eigenvalue weighted by atomic mass is 35.5. The van der Waals surface area contributed by atoms with Crippen molar-refractivity contribution in [3.05, 3.63) is 39.3 Å². The molecule has 0 fully saturated rings. The van der Waals surface area contributed by atoms with Crippen molar-refractivity contribution in [1.29, 1.82) is 0 Å². The van der Waals surface area contributed by atoms with Crippen molar-refractivity contribution < 1.29 is 0 Å². The number of nitrogens with zero attached hydrogens (tertiary/aromatic N) is 2. The van der Waals surface area contributed by atoms with E-state index in [2.05, 4.69) is 20.7 Å². The molecule has 0 saturated heterocycles. The van der Waals surface area contributed by atoms with Crippen LogP contribution in [0.15, 0.2) is 23.6 Å². The third kappa shape index (κ3) is 3.05. The van der Waals surface area contributed by atoms with E-state index in [9.17, 15) is 0 Å². The Balaban J connectivity index is 1.65. The first-order valence-corrected chi connectivity index (χ1v) is 7.99. The molecular formula is C13H12ClN3S2. The van der Waals surface area contributed by atoms with Gasteiger partial charge >= 0.3 is 0 Å². The maximum absolute atomic E-state index is 5.97. The molecule has 0 amide bonds. The van der Waals surface area contributed by atoms with Gasteiger partial charge in [-0.05, 0) is 25.1 Å². The average molecular weight is 310 g/mol. The topological polar surface area (TPSA) is 37.8 Å². The molecule has 3 nitrogen and oxygen atoms in total. The number of rotatable bonds is 4. The first-order valence-electron chi connectivity index (χ1n) is 5.92. The molecule has 2 aromatic heterocycles. The van der Waals surface area contributed by atoms with E-state index < -0.39 is 0 Å². The molecule has 0 unspecified atom stereocenters. The zero-order valence-corrected chi connectivity index (χ0v) is 12.7. The number of hydrogen-bond donors (Lipinski definition) is 1. The van der Waals surface area contributed by atoms with E-state index in [0.29, 0.717) is 0 Å². The van der Waals surface area contributed by atoms with Gasteiger partial charge in [0.1, 0.15) is 0 Å². The minimum Gasteiger partial charge on any atom is -0.361 e. The van der Waals surface area contributed by atoms with Crippen LogP contribution in [0.3, 0.4) is 0 Å². The lowest BCUT2D eigenvalue weighted by atomic mass is 10.3. The van der Waals surface area contributed by atoms with Gasteiger partial charge in [-0.25, -0.2) is 9.97 Å². The molecule has 0 atom stereocenters. The van der Waals surface area contributed by atoms with Gasteiger partial charge in [-0.15, -0.1) is 11.3 Å². The molecule has 98 valence electrons. The first-order chi connectivity index (χ1) is 9.20. The van der Waals surface area contributed by atoms with Gasteiger partial charge in [0.25, 0.3) is 0 Å². The predicted octanol–water partition coefficient (Wildman–Crippen LogP) is 4.37. The van der Waals surface area contributed by atoms with Gasteiger partial charge in [0.15, 0.2) is 5.13 Å². The van der Waals surface area contributed by atoms with E-state index in [1.165, 1.54) is 0 Å². The van der Waals surface area contributed by atoms with E-state index in [0.717, 1.165) is 44.0 Å². The lowest BCUT2D eigenvalue weighted by Gasteiger charge is -1.99. The van der Waals surface area contributed by atoms with Crippen LogP contribution in [0.1, 0.15) is 10.7 Å². The lowest BCUT2D eigenvalue weighted by Crippen LogP contribution is -2.04. The molecule has 0 spiro atoms. The van der Waals surface area contributed by atoms with E-state index in [1.54, 1.807) is 22.7 Å². The van der Waals surface area contributed by atoms with E-state index >= 15 is 0 Å². The summed E-state index contributed by atoms with van der Waals surface area (Å²) < 4.78 is 1.11. The SMILES string of the molecule is Cc1nc(CCNc2nc3ccc(Cl)cc3s2)cs1. The Labute approximate surface area is 124 Å². The molecule has 1 N–H and O–H groups in total. The Morgan fingerprint density at radius 2 is 2.21 bits per heavy atom. The van der Waals surface area contributed by atoms with Gasteiger partial charge in [0.2, 0.25) is 0 Å². The summed E-state index contributed by atoms with van der Waals surface area (Å²) >= 11 is 9.28. The summed E-state index contributed by atoms with van der Waals surface area (Å²) in [5.74, 6) is 0. The molecular weight excluding hydrogens is 298 g/mol. The second kappa shape index (κ2) is 5.45. The molecule has 0 aliphatic carbocycles. The number of hydrogen-bond acceptors (Lipinski definition) is 5. The van der Waals surface area contributed by atoms with Gasteiger partial charge in [-0.3, -0.25) is 0 Å². The molecule has 19 heavy (non-hydrogen) atoms. The Morgan fingerprint density at radius 1 is 1.32 bits per heavy atom. The summed E-state index contributed by atoms with van der Waals surface area (Å²) in [4.78, 5) is 8.96. The van der Waals surface area contributed by atoms with Crippen LogP contribution in [0.5, 0.6) is 0 Å². The molecule has 0 aliphatic heterocycles. The molecule has 2 heterocycles. The minimum atomic E-state index is 0.751. The highest BCUT2D eigenvalue weighted by molar-refractivity contribution is 7.22. The summed E-state index contributed by atoms with van der Waals surface area (Å²) in [6, 6.07) is 5.76. The third-order valence-corrected chi connectivity index (χ3v) is 4.71. The fourth-order valence-corrected chi connectivity index (χ4v) is 3.61. The Bertz CT molecular complexity index is 705. The highest BCUT2D eigenvalue weighted by Crippen LogP contribution is 2.28. The van der Waals surface area contributed by atoms with Crippen molar-refractivity contribution in [1.82, 2.24) is 9.97 Å². The van der Waals surface area contributed by atoms with Crippen molar-refractivity contribution in [2.45, 2.75) is 13.3 Å². The van der Waals surface area contributed by atoms with Crippen molar-refractivity contribution in [3.8, 4) is 0 Å². The monoisotopic (exact) mass is 309 g/mol. The molecule has 0 bridgehead atoms. The molecule has 3 aromatic rings. The van der Waals surface area contributed by atoms with E-state index in [-0.39, 0.29) is 0 Å². The van der Waals surface area contributed by atoms with Crippen LogP contribution in [0.2, 0.25) is 5.02 Å². The normalized spacial score (nSPS) is 11.1. The van der Waals surface area contributed by atoms with Gasteiger partial charge in [0, 0.05) is 23.4 Å². The lowest BCUT2D eigenvalue weighted by molar-refractivity contribution is 0.967. The number of nitrogens with one attached hydrogen (secondary N) is 1. The van der Waals surface area contributed by atoms with E-state index in [1.807, 2.05) is 25.1 Å². The smallest absolute Gasteiger partial charge is 0.183 e. The maximum Gasteiger partial charge on any atom is 0.183 e. The summed E-state index contributed by atoms with van der Waals surface area (Å²) in [6.45, 7) is 2.87. The highest BCUT2D eigenvalue weighted by Gasteiger charge is 2.04. The van der Waals surface area contributed by atoms with E-state index in [4.69, 9.17) is 11.6 Å². The predicted molar refractivity (Wildman–Crippen MR) is 83.7 cm³/mol. The Morgan fingerprint density at radius 3 is 3.00 bits per heavy atom. The van der Waals surface area contributed by atoms with Gasteiger partial charge in [0.05, 0.1) is 20.9 Å². The summed E-state index contributed by atoms with van der Waals surface area (Å²) in [7, 11) is 0. The molecule has 6 heteroatoms. The average Bonchev–Trinajstić information content (AvgIpc) is 2.95. The third-order valence-electron chi connectivity index (χ3n) is 2.67. The van der Waals surface area contributed by atoms with Crippen molar-refractivity contribution >= 4 is 49.6 Å². The van der Waals surface area contributed by atoms with Crippen LogP contribution in [0.25, 0.3) is 10.2 Å². The van der Waals surface area contributed by atoms with Crippen LogP contribution < -0.4 is 5.32 Å². The Kier molecular flexibility index (Phi) is 3.68. The van der Waals surface area contributed by atoms with Crippen LogP contribution in [-0.4, -0.2) is 16.5 Å². The number of fused-ring (bicyclic) bond motifs is 1. The van der Waals surface area contributed by atoms with Crippen molar-refractivity contribution in [3.63, 3.8) is 0 Å². The standard InChI is InChI=1S/C13H12ClN3S2/c1-8-16-10(7-18-8)4-5-15-13-17-11-3-2-9(14)6-12(11)19-13/h2-3,6-7H,4-5H2,1H3,(H,15,17). The number of aryl methyl sites for hydroxylation is 1. The molecule has 1 aromatic carbocycles. The van der Waals surface area contributed by atoms with Crippen molar-refractivity contribution in [2.75, 3.05) is 11.9 Å². The molecule has 0 saturated carbocycles. The number of anilines is 1. The fraction of sp³-hybridized carbons (Fsp3) is 0.231. The number of halogens is 1. The quantitative estimate of drug-likeness (QED) is 0.777. The first kappa shape index (κ1) is 12.8. The number of thiazole rings is 2. The second-order valence-electron chi connectivity index (χ2n) is 4.17. The van der Waals surface area contributed by atoms with Crippen LogP contribution in [0.4, 0.5) is 5.13 Å². The molecule has 0 radical (unpaired) electrons. The van der Waals surface area contributed by atoms with Crippen LogP contribution >= 0.6 is 34.3 Å². The number of benzene rings is 1. The van der Waals surface area contributed by atoms with Gasteiger partial charge < -0.3 is 5.32 Å². The number of aromatic nitrogens is 2. The van der Waals surface area contributed by atoms with Gasteiger partial charge in [-0.2, -0.15) is 0 Å². The zero-order valence-electron chi connectivity index (χ0n) is 10.3. The zero-order chi connectivity index (χ0) is 13.2. The molecule has 3 rings (SSSR count). The van der Waals surface area contributed by atoms with Gasteiger partial charge in [-0.1, -0.05) is 22.9 Å².